The van der Waals surface area contributed by atoms with Crippen LogP contribution in [0.25, 0.3) is 19.4 Å². The molecule has 0 fully saturated rings. The summed E-state index contributed by atoms with van der Waals surface area (Å²) in [5.41, 5.74) is 22.3. The van der Waals surface area contributed by atoms with Crippen LogP contribution in [0.3, 0.4) is 0 Å². The van der Waals surface area contributed by atoms with Crippen LogP contribution in [0.15, 0.2) is 103 Å². The molecule has 16 nitrogen and oxygen atoms in total. The van der Waals surface area contributed by atoms with Crippen molar-refractivity contribution in [2.24, 2.45) is 0 Å². The number of nitrogens with two attached hydrogens (primary N) is 2. The van der Waals surface area contributed by atoms with Gasteiger partial charge in [0, 0.05) is 46.9 Å². The molecule has 8 aromatic rings. The number of aromatic nitrogens is 9. The van der Waals surface area contributed by atoms with Gasteiger partial charge in [-0.15, -0.1) is 19.9 Å². The standard InChI is InChI=1S/C11H11F3N2.C11H11N3.C10H11ClN2.C10H14ClN.C10H16N2.C10H12N2.C10H15N.C9H15N3/c1-10(2,3)7-5-8(11(12,13)14)16-9(6-7)15-4;1-11(2,3)8-5-9(7-12)14-10(6-8)13-4;1-10(2,3)7-5-8(11)13-9(6-7)12-4;2*1-7-5-8(10(2,3)4)6-9(11)12-7;1-10(2,3)8-5-6-12-9(7-8)11-4;1-8-7-9(5-6-11-8)10(2,3)4;1-6-11-7(9(2,3)4)5-8(10)12-6/h5-6H,1-3H3;5-6H,1-3H3;5-6H,1-3H3;5-6H,1-4H3;5-6H,1-4H3,(H2,11,12);5-7H,1-3H3;5-7H,1-4H3;5H,1-4H3,(H2,10,11,12). The van der Waals surface area contributed by atoms with Crippen molar-refractivity contribution in [3.05, 3.63) is 238 Å². The molecule has 8 rings (SSSR count). The Morgan fingerprint density at radius 2 is 0.696 bits per heavy atom. The first kappa shape index (κ1) is 90.6. The molecule has 544 valence electrons. The van der Waals surface area contributed by atoms with Gasteiger partial charge in [0.15, 0.2) is 0 Å². The Hall–Kier alpha value is -9.45. The highest BCUT2D eigenvalue weighted by atomic mass is 35.5. The summed E-state index contributed by atoms with van der Waals surface area (Å²) in [6, 6.07) is 29.2. The molecule has 0 aliphatic heterocycles. The number of nitrogens with zero attached hydrogens (tertiary/aromatic N) is 14. The van der Waals surface area contributed by atoms with Crippen molar-refractivity contribution in [3.63, 3.8) is 0 Å². The second-order valence-electron chi connectivity index (χ2n) is 32.3. The molecule has 0 aliphatic rings. The maximum absolute atomic E-state index is 12.5. The van der Waals surface area contributed by atoms with E-state index in [2.05, 4.69) is 213 Å². The monoisotopic (exact) mass is 1430 g/mol. The van der Waals surface area contributed by atoms with E-state index in [0.717, 1.165) is 51.4 Å². The molecule has 0 amide bonds. The van der Waals surface area contributed by atoms with E-state index in [1.165, 1.54) is 22.8 Å². The highest BCUT2D eigenvalue weighted by molar-refractivity contribution is 6.29. The van der Waals surface area contributed by atoms with E-state index in [0.29, 0.717) is 44.8 Å². The van der Waals surface area contributed by atoms with Crippen LogP contribution in [-0.2, 0) is 49.5 Å². The average Bonchev–Trinajstić information content (AvgIpc) is 0.811. The summed E-state index contributed by atoms with van der Waals surface area (Å²) in [6.45, 7) is 85.1. The number of pyridine rings is 7. The summed E-state index contributed by atoms with van der Waals surface area (Å²) in [7, 11) is 0. The van der Waals surface area contributed by atoms with Gasteiger partial charge < -0.3 is 30.8 Å². The van der Waals surface area contributed by atoms with Crippen LogP contribution in [-0.4, -0.2) is 44.9 Å². The van der Waals surface area contributed by atoms with Crippen molar-refractivity contribution in [1.82, 2.24) is 44.9 Å². The number of nitrogen functional groups attached to an aromatic ring is 2. The van der Waals surface area contributed by atoms with Crippen LogP contribution in [0.1, 0.15) is 245 Å². The first-order valence-corrected chi connectivity index (χ1v) is 33.6. The lowest BCUT2D eigenvalue weighted by Crippen LogP contribution is -2.15. The van der Waals surface area contributed by atoms with E-state index in [4.69, 9.17) is 66.2 Å². The summed E-state index contributed by atoms with van der Waals surface area (Å²) in [4.78, 5) is 48.4. The summed E-state index contributed by atoms with van der Waals surface area (Å²) >= 11 is 11.6. The van der Waals surface area contributed by atoms with Gasteiger partial charge >= 0.3 is 6.18 Å². The fourth-order valence-corrected chi connectivity index (χ4v) is 8.76. The molecule has 0 saturated carbocycles. The molecule has 0 aliphatic carbocycles. The lowest BCUT2D eigenvalue weighted by Gasteiger charge is -2.19. The van der Waals surface area contributed by atoms with Crippen LogP contribution in [0.5, 0.6) is 0 Å². The molecule has 21 heteroatoms. The Bertz CT molecular complexity index is 4030. The van der Waals surface area contributed by atoms with Gasteiger partial charge in [0.05, 0.1) is 5.69 Å². The minimum atomic E-state index is -4.51. The second-order valence-corrected chi connectivity index (χ2v) is 33.1. The number of aryl methyl sites for hydroxylation is 4. The van der Waals surface area contributed by atoms with Crippen molar-refractivity contribution in [1.29, 1.82) is 5.26 Å². The van der Waals surface area contributed by atoms with E-state index in [9.17, 15) is 13.2 Å². The Labute approximate surface area is 617 Å². The van der Waals surface area contributed by atoms with Crippen LogP contribution in [0.4, 0.5) is 48.1 Å². The molecule has 0 unspecified atom stereocenters. The number of anilines is 2. The largest absolute Gasteiger partial charge is 0.456 e. The van der Waals surface area contributed by atoms with Gasteiger partial charge in [0.25, 0.3) is 23.3 Å². The Kier molecular flexibility index (Phi) is 33.3. The van der Waals surface area contributed by atoms with Crippen molar-refractivity contribution in [3.8, 4) is 6.07 Å². The molecule has 8 heterocycles. The summed E-state index contributed by atoms with van der Waals surface area (Å²) in [6.07, 6.45) is -0.954. The fourth-order valence-electron chi connectivity index (χ4n) is 8.31. The minimum Gasteiger partial charge on any atom is -0.384 e. The minimum absolute atomic E-state index is 0.00597. The van der Waals surface area contributed by atoms with E-state index < -0.39 is 17.3 Å². The third-order valence-electron chi connectivity index (χ3n) is 14.5. The van der Waals surface area contributed by atoms with Gasteiger partial charge in [0.2, 0.25) is 16.5 Å². The molecule has 0 bridgehead atoms. The van der Waals surface area contributed by atoms with Crippen molar-refractivity contribution in [2.75, 3.05) is 11.5 Å². The van der Waals surface area contributed by atoms with Gasteiger partial charge in [-0.1, -0.05) is 204 Å². The van der Waals surface area contributed by atoms with Crippen LogP contribution in [0, 0.1) is 65.3 Å². The van der Waals surface area contributed by atoms with Gasteiger partial charge in [-0.25, -0.2) is 19.9 Å². The number of alkyl halides is 3. The van der Waals surface area contributed by atoms with Crippen LogP contribution < -0.4 is 11.5 Å². The molecule has 0 spiro atoms. The lowest BCUT2D eigenvalue weighted by atomic mass is 9.87. The van der Waals surface area contributed by atoms with Crippen molar-refractivity contribution < 1.29 is 13.2 Å². The molecule has 0 saturated heterocycles. The zero-order valence-electron chi connectivity index (χ0n) is 65.1. The first-order valence-electron chi connectivity index (χ1n) is 32.9. The summed E-state index contributed by atoms with van der Waals surface area (Å²) in [5, 5.41) is 9.70. The topological polar surface area (TPSA) is 209 Å². The molecular weight excluding hydrogens is 1320 g/mol. The van der Waals surface area contributed by atoms with Crippen molar-refractivity contribution in [2.45, 2.75) is 243 Å². The predicted octanol–water partition coefficient (Wildman–Crippen LogP) is 23.2. The van der Waals surface area contributed by atoms with E-state index in [1.54, 1.807) is 51.2 Å². The summed E-state index contributed by atoms with van der Waals surface area (Å²) < 4.78 is 37.5. The van der Waals surface area contributed by atoms with Crippen LogP contribution >= 0.6 is 23.2 Å². The predicted molar refractivity (Wildman–Crippen MR) is 414 cm³/mol. The van der Waals surface area contributed by atoms with E-state index >= 15 is 0 Å². The maximum atomic E-state index is 12.5. The SMILES string of the molecule is Cc1cc(C(C)(C)C)cc(Cl)n1.Cc1cc(C(C)(C)C)cc(N)n1.Cc1cc(C(C)(C)C)ccn1.Cc1nc(N)cc(C(C)(C)C)n1.[C-]#[N+]c1cc(C(C)(C)C)cc(C#N)n1.[C-]#[N+]c1cc(C(C)(C)C)cc(C(F)(F)F)n1.[C-]#[N+]c1cc(C(C)(C)C)cc(Cl)n1.[C-]#[N+]c1cc(C(C)(C)C)ccn1. The number of hydrogen-bond acceptors (Lipinski definition) is 12. The smallest absolute Gasteiger partial charge is 0.384 e. The third kappa shape index (κ3) is 33.8. The molecule has 0 atom stereocenters. The maximum Gasteiger partial charge on any atom is 0.456 e. The number of rotatable bonds is 0. The van der Waals surface area contributed by atoms with Gasteiger partial charge in [0.1, 0.15) is 34.9 Å². The zero-order chi connectivity index (χ0) is 79.1. The summed E-state index contributed by atoms with van der Waals surface area (Å²) in [5.74, 6) is 2.79. The second kappa shape index (κ2) is 37.5. The quantitative estimate of drug-likeness (QED) is 0.107. The molecule has 8 aromatic heterocycles. The molecule has 4 N–H and O–H groups in total. The number of nitriles is 1. The first-order chi connectivity index (χ1) is 46.3. The zero-order valence-corrected chi connectivity index (χ0v) is 66.6. The molecule has 0 aromatic carbocycles. The number of halogens is 5. The molecular formula is C81H105Cl2F3N16. The fraction of sp³-hybridized carbons (Fsp3) is 0.457. The average molecular weight is 1430 g/mol. The Balaban J connectivity index is 0.000000584. The molecule has 0 radical (unpaired) electrons. The highest BCUT2D eigenvalue weighted by Crippen LogP contribution is 2.35. The third-order valence-corrected chi connectivity index (χ3v) is 14.9. The van der Waals surface area contributed by atoms with Crippen molar-refractivity contribution >= 4 is 58.1 Å². The normalized spacial score (nSPS) is 11.4. The Morgan fingerprint density at radius 3 is 1.07 bits per heavy atom. The Morgan fingerprint density at radius 1 is 0.353 bits per heavy atom. The van der Waals surface area contributed by atoms with E-state index in [1.807, 2.05) is 91.1 Å². The van der Waals surface area contributed by atoms with Gasteiger partial charge in [-0.05, 0) is 189 Å². The highest BCUT2D eigenvalue weighted by Gasteiger charge is 2.38. The van der Waals surface area contributed by atoms with Crippen LogP contribution in [0.2, 0.25) is 10.3 Å². The molecule has 102 heavy (non-hydrogen) atoms. The van der Waals surface area contributed by atoms with Gasteiger partial charge in [-0.2, -0.15) is 18.4 Å². The number of hydrogen-bond donors (Lipinski definition) is 2. The van der Waals surface area contributed by atoms with Gasteiger partial charge in [-0.3, -0.25) is 4.98 Å². The van der Waals surface area contributed by atoms with E-state index in [-0.39, 0.29) is 49.5 Å². The lowest BCUT2D eigenvalue weighted by molar-refractivity contribution is -0.141.